The Morgan fingerprint density at radius 3 is 2.59 bits per heavy atom. The summed E-state index contributed by atoms with van der Waals surface area (Å²) >= 11 is 0. The number of rotatable bonds is 11. The second-order valence-corrected chi connectivity index (χ2v) is 7.87. The summed E-state index contributed by atoms with van der Waals surface area (Å²) in [7, 11) is 3.92. The first kappa shape index (κ1) is 22.7. The van der Waals surface area contributed by atoms with E-state index < -0.39 is 0 Å². The van der Waals surface area contributed by atoms with Crippen molar-refractivity contribution in [2.45, 2.75) is 40.3 Å². The van der Waals surface area contributed by atoms with Gasteiger partial charge in [-0.2, -0.15) is 0 Å². The van der Waals surface area contributed by atoms with Crippen LogP contribution in [-0.4, -0.2) is 59.9 Å². The highest BCUT2D eigenvalue weighted by Crippen LogP contribution is 2.15. The molecule has 7 heteroatoms. The van der Waals surface area contributed by atoms with Crippen LogP contribution in [0, 0.1) is 5.92 Å². The zero-order chi connectivity index (χ0) is 21.4. The molecule has 0 radical (unpaired) electrons. The number of aromatic nitrogens is 1. The van der Waals surface area contributed by atoms with Gasteiger partial charge in [-0.25, -0.2) is 0 Å². The summed E-state index contributed by atoms with van der Waals surface area (Å²) in [6, 6.07) is 7.52. The van der Waals surface area contributed by atoms with Gasteiger partial charge in [0.15, 0.2) is 5.76 Å². The third-order valence-corrected chi connectivity index (χ3v) is 4.63. The van der Waals surface area contributed by atoms with Crippen molar-refractivity contribution in [2.75, 3.05) is 33.7 Å². The quantitative estimate of drug-likeness (QED) is 0.627. The average Bonchev–Trinajstić information content (AvgIpc) is 3.30. The lowest BCUT2D eigenvalue weighted by molar-refractivity contribution is -0.135. The molecule has 0 saturated heterocycles. The number of likely N-dealkylation sites (N-methyl/N-ethyl adjacent to an activating group) is 1. The van der Waals surface area contributed by atoms with Crippen LogP contribution in [0.3, 0.4) is 0 Å². The fraction of sp³-hybridized carbons (Fsp3) is 0.545. The smallest absolute Gasteiger partial charge is 0.287 e. The van der Waals surface area contributed by atoms with Gasteiger partial charge in [0.1, 0.15) is 5.76 Å². The van der Waals surface area contributed by atoms with Gasteiger partial charge in [0.05, 0.1) is 13.1 Å². The fourth-order valence-corrected chi connectivity index (χ4v) is 3.08. The van der Waals surface area contributed by atoms with Crippen LogP contribution in [0.4, 0.5) is 0 Å². The van der Waals surface area contributed by atoms with E-state index in [1.54, 1.807) is 6.07 Å². The molecule has 160 valence electrons. The fourth-order valence-electron chi connectivity index (χ4n) is 3.08. The van der Waals surface area contributed by atoms with Crippen molar-refractivity contribution in [3.05, 3.63) is 47.7 Å². The molecule has 0 fully saturated rings. The van der Waals surface area contributed by atoms with Gasteiger partial charge < -0.3 is 24.1 Å². The van der Waals surface area contributed by atoms with Crippen molar-refractivity contribution in [1.29, 1.82) is 0 Å². The molecule has 0 unspecified atom stereocenters. The van der Waals surface area contributed by atoms with Gasteiger partial charge in [0.2, 0.25) is 5.91 Å². The maximum atomic E-state index is 12.5. The predicted octanol–water partition coefficient (Wildman–Crippen LogP) is 2.82. The highest BCUT2D eigenvalue weighted by molar-refractivity contribution is 5.91. The standard InChI is InChI=1S/C22H34N4O3/c1-6-12-26(22(28)17(2)3)15-18-8-7-13-25(18)16-19-9-10-20(29-19)21(27)23-11-14-24(4)5/h7-10,13,17H,6,11-12,14-16H2,1-5H3,(H,23,27). The van der Waals surface area contributed by atoms with Crippen LogP contribution in [0.2, 0.25) is 0 Å². The van der Waals surface area contributed by atoms with Crippen molar-refractivity contribution >= 4 is 11.8 Å². The Morgan fingerprint density at radius 2 is 1.93 bits per heavy atom. The van der Waals surface area contributed by atoms with E-state index in [-0.39, 0.29) is 17.7 Å². The van der Waals surface area contributed by atoms with E-state index in [2.05, 4.69) is 16.8 Å². The third kappa shape index (κ3) is 6.78. The highest BCUT2D eigenvalue weighted by Gasteiger charge is 2.18. The van der Waals surface area contributed by atoms with E-state index in [9.17, 15) is 9.59 Å². The Kier molecular flexibility index (Phi) is 8.51. The third-order valence-electron chi connectivity index (χ3n) is 4.63. The molecule has 2 aromatic heterocycles. The topological polar surface area (TPSA) is 70.7 Å². The molecule has 2 amide bonds. The maximum Gasteiger partial charge on any atom is 0.287 e. The van der Waals surface area contributed by atoms with Gasteiger partial charge in [-0.3, -0.25) is 9.59 Å². The Labute approximate surface area is 173 Å². The molecule has 1 N–H and O–H groups in total. The molecule has 0 aliphatic heterocycles. The summed E-state index contributed by atoms with van der Waals surface area (Å²) in [5, 5.41) is 2.85. The lowest BCUT2D eigenvalue weighted by atomic mass is 10.2. The SMILES string of the molecule is CCCN(Cc1cccn1Cc1ccc(C(=O)NCCN(C)C)o1)C(=O)C(C)C. The minimum Gasteiger partial charge on any atom is -0.454 e. The normalized spacial score (nSPS) is 11.3. The largest absolute Gasteiger partial charge is 0.454 e. The molecule has 0 aliphatic carbocycles. The summed E-state index contributed by atoms with van der Waals surface area (Å²) < 4.78 is 7.80. The first-order valence-corrected chi connectivity index (χ1v) is 10.3. The Balaban J connectivity index is 2.02. The number of carbonyl (C=O) groups is 2. The maximum absolute atomic E-state index is 12.5. The number of furan rings is 1. The molecule has 0 aromatic carbocycles. The first-order valence-electron chi connectivity index (χ1n) is 10.3. The highest BCUT2D eigenvalue weighted by atomic mass is 16.4. The molecule has 0 spiro atoms. The van der Waals surface area contributed by atoms with Gasteiger partial charge in [0, 0.05) is 37.4 Å². The number of hydrogen-bond acceptors (Lipinski definition) is 4. The number of carbonyl (C=O) groups excluding carboxylic acids is 2. The number of nitrogens with one attached hydrogen (secondary N) is 1. The predicted molar refractivity (Wildman–Crippen MR) is 114 cm³/mol. The second-order valence-electron chi connectivity index (χ2n) is 7.87. The van der Waals surface area contributed by atoms with E-state index in [0.29, 0.717) is 31.2 Å². The molecule has 0 aliphatic rings. The van der Waals surface area contributed by atoms with Crippen LogP contribution in [0.1, 0.15) is 49.2 Å². The molecule has 2 heterocycles. The van der Waals surface area contributed by atoms with Crippen LogP contribution in [0.25, 0.3) is 0 Å². The van der Waals surface area contributed by atoms with Crippen LogP contribution in [0.15, 0.2) is 34.9 Å². The molecule has 2 aromatic rings. The van der Waals surface area contributed by atoms with Crippen LogP contribution in [0.5, 0.6) is 0 Å². The Morgan fingerprint density at radius 1 is 1.17 bits per heavy atom. The van der Waals surface area contributed by atoms with Crippen molar-refractivity contribution in [2.24, 2.45) is 5.92 Å². The molecule has 7 nitrogen and oxygen atoms in total. The van der Waals surface area contributed by atoms with Gasteiger partial charge in [0.25, 0.3) is 5.91 Å². The molecule has 0 bridgehead atoms. The van der Waals surface area contributed by atoms with Crippen LogP contribution < -0.4 is 5.32 Å². The molecular formula is C22H34N4O3. The minimum absolute atomic E-state index is 0.0244. The molecule has 2 rings (SSSR count). The minimum atomic E-state index is -0.206. The number of nitrogens with zero attached hydrogens (tertiary/aromatic N) is 3. The van der Waals surface area contributed by atoms with Crippen LogP contribution >= 0.6 is 0 Å². The lowest BCUT2D eigenvalue weighted by Gasteiger charge is -2.24. The van der Waals surface area contributed by atoms with Gasteiger partial charge in [-0.05, 0) is 44.8 Å². The molecule has 0 atom stereocenters. The lowest BCUT2D eigenvalue weighted by Crippen LogP contribution is -2.35. The van der Waals surface area contributed by atoms with Gasteiger partial charge in [-0.15, -0.1) is 0 Å². The zero-order valence-electron chi connectivity index (χ0n) is 18.3. The monoisotopic (exact) mass is 402 g/mol. The van der Waals surface area contributed by atoms with Crippen LogP contribution in [-0.2, 0) is 17.9 Å². The average molecular weight is 403 g/mol. The second kappa shape index (κ2) is 10.9. The number of amides is 2. The summed E-state index contributed by atoms with van der Waals surface area (Å²) in [5.41, 5.74) is 1.04. The van der Waals surface area contributed by atoms with Gasteiger partial charge in [-0.1, -0.05) is 20.8 Å². The van der Waals surface area contributed by atoms with Gasteiger partial charge >= 0.3 is 0 Å². The number of hydrogen-bond donors (Lipinski definition) is 1. The van der Waals surface area contributed by atoms with E-state index >= 15 is 0 Å². The summed E-state index contributed by atoms with van der Waals surface area (Å²) in [5.74, 6) is 0.952. The first-order chi connectivity index (χ1) is 13.8. The molecular weight excluding hydrogens is 368 g/mol. The van der Waals surface area contributed by atoms with Crippen molar-refractivity contribution in [3.63, 3.8) is 0 Å². The molecule has 0 saturated carbocycles. The van der Waals surface area contributed by atoms with Crippen molar-refractivity contribution in [3.8, 4) is 0 Å². The molecule has 29 heavy (non-hydrogen) atoms. The van der Waals surface area contributed by atoms with E-state index in [1.165, 1.54) is 0 Å². The summed E-state index contributed by atoms with van der Waals surface area (Å²) in [6.45, 7) is 9.10. The Bertz CT molecular complexity index is 792. The van der Waals surface area contributed by atoms with E-state index in [1.807, 2.05) is 62.1 Å². The van der Waals surface area contributed by atoms with Crippen molar-refractivity contribution < 1.29 is 14.0 Å². The summed E-state index contributed by atoms with van der Waals surface area (Å²) in [6.07, 6.45) is 2.89. The Hall–Kier alpha value is -2.54. The van der Waals surface area contributed by atoms with E-state index in [0.717, 1.165) is 25.2 Å². The van der Waals surface area contributed by atoms with Crippen molar-refractivity contribution in [1.82, 2.24) is 19.7 Å². The zero-order valence-corrected chi connectivity index (χ0v) is 18.3. The summed E-state index contributed by atoms with van der Waals surface area (Å²) in [4.78, 5) is 28.6. The van der Waals surface area contributed by atoms with E-state index in [4.69, 9.17) is 4.42 Å².